The predicted octanol–water partition coefficient (Wildman–Crippen LogP) is 5.88. The molecule has 1 heterocycles. The van der Waals surface area contributed by atoms with Gasteiger partial charge in [0.2, 0.25) is 0 Å². The number of rotatable bonds is 6. The maximum absolute atomic E-state index is 11.4. The normalized spacial score (nSPS) is 32.7. The molecule has 5 nitrogen and oxygen atoms in total. The Hall–Kier alpha value is -2.30. The Morgan fingerprint density at radius 2 is 1.81 bits per heavy atom. The maximum Gasteiger partial charge on any atom is 0.306 e. The molecule has 3 aliphatic carbocycles. The first-order valence-corrected chi connectivity index (χ1v) is 12.2. The Morgan fingerprint density at radius 3 is 2.48 bits per heavy atom. The van der Waals surface area contributed by atoms with Crippen LogP contribution in [0.25, 0.3) is 10.9 Å². The quantitative estimate of drug-likeness (QED) is 0.608. The molecule has 0 radical (unpaired) electrons. The molecule has 3 fully saturated rings. The molecule has 0 aliphatic heterocycles. The zero-order chi connectivity index (χ0) is 21.4. The highest BCUT2D eigenvalue weighted by atomic mass is 16.5. The summed E-state index contributed by atoms with van der Waals surface area (Å²) in [5.74, 6) is 2.80. The number of anilines is 1. The van der Waals surface area contributed by atoms with Crippen LogP contribution in [0.2, 0.25) is 0 Å². The lowest BCUT2D eigenvalue weighted by Crippen LogP contribution is -2.39. The number of aliphatic carboxylic acids is 1. The number of carbonyl (C=O) groups is 1. The summed E-state index contributed by atoms with van der Waals surface area (Å²) in [7, 11) is 0. The van der Waals surface area contributed by atoms with Gasteiger partial charge >= 0.3 is 5.97 Å². The van der Waals surface area contributed by atoms with E-state index in [0.717, 1.165) is 66.9 Å². The van der Waals surface area contributed by atoms with Gasteiger partial charge in [0, 0.05) is 11.4 Å². The molecule has 2 N–H and O–H groups in total. The van der Waals surface area contributed by atoms with E-state index in [1.165, 1.54) is 19.3 Å². The topological polar surface area (TPSA) is 71.5 Å². The molecule has 2 bridgehead atoms. The highest BCUT2D eigenvalue weighted by molar-refractivity contribution is 5.81. The number of carboxylic acids is 1. The van der Waals surface area contributed by atoms with Gasteiger partial charge < -0.3 is 15.2 Å². The molecule has 5 heteroatoms. The summed E-state index contributed by atoms with van der Waals surface area (Å²) in [4.78, 5) is 16.3. The molecule has 3 saturated carbocycles. The smallest absolute Gasteiger partial charge is 0.306 e. The van der Waals surface area contributed by atoms with Crippen LogP contribution in [-0.4, -0.2) is 28.2 Å². The number of carboxylic acid groups (broad SMARTS) is 1. The molecule has 0 saturated heterocycles. The lowest BCUT2D eigenvalue weighted by molar-refractivity contribution is -0.143. The zero-order valence-corrected chi connectivity index (χ0v) is 18.4. The van der Waals surface area contributed by atoms with Crippen LogP contribution in [0.5, 0.6) is 5.75 Å². The fourth-order valence-corrected chi connectivity index (χ4v) is 6.24. The fraction of sp³-hybridized carbons (Fsp3) is 0.615. The lowest BCUT2D eigenvalue weighted by Gasteiger charge is -2.34. The van der Waals surface area contributed by atoms with E-state index in [1.54, 1.807) is 0 Å². The molecule has 2 aromatic rings. The summed E-state index contributed by atoms with van der Waals surface area (Å²) < 4.78 is 6.28. The number of hydrogen-bond acceptors (Lipinski definition) is 4. The van der Waals surface area contributed by atoms with Crippen molar-refractivity contribution in [3.63, 3.8) is 0 Å². The summed E-state index contributed by atoms with van der Waals surface area (Å²) in [6.07, 6.45) is 10.3. The number of benzene rings is 1. The number of aromatic nitrogens is 1. The second-order valence-corrected chi connectivity index (χ2v) is 9.99. The van der Waals surface area contributed by atoms with Gasteiger partial charge in [0.1, 0.15) is 11.6 Å². The third-order valence-electron chi connectivity index (χ3n) is 8.10. The number of pyridine rings is 1. The van der Waals surface area contributed by atoms with Gasteiger partial charge in [-0.3, -0.25) is 4.79 Å². The Balaban J connectivity index is 1.24. The second kappa shape index (κ2) is 8.68. The molecule has 2 unspecified atom stereocenters. The van der Waals surface area contributed by atoms with Crippen LogP contribution in [0.15, 0.2) is 30.3 Å². The minimum atomic E-state index is -0.629. The first-order valence-electron chi connectivity index (χ1n) is 12.2. The summed E-state index contributed by atoms with van der Waals surface area (Å²) in [5.41, 5.74) is 0.971. The SMILES string of the molecule is CC[C@H]1CC[C@@H](Oc2ccc3nc(NC4C5CCC4CC(C(=O)O)C5)ccc3c2)CC1. The molecule has 31 heavy (non-hydrogen) atoms. The van der Waals surface area contributed by atoms with E-state index in [1.807, 2.05) is 6.07 Å². The largest absolute Gasteiger partial charge is 0.490 e. The summed E-state index contributed by atoms with van der Waals surface area (Å²) in [6.45, 7) is 2.29. The van der Waals surface area contributed by atoms with E-state index in [4.69, 9.17) is 9.72 Å². The Bertz CT molecular complexity index is 923. The van der Waals surface area contributed by atoms with Gasteiger partial charge in [-0.2, -0.15) is 0 Å². The second-order valence-electron chi connectivity index (χ2n) is 9.99. The van der Waals surface area contributed by atoms with Crippen LogP contribution < -0.4 is 10.1 Å². The fourth-order valence-electron chi connectivity index (χ4n) is 6.24. The number of nitrogens with zero attached hydrogens (tertiary/aromatic N) is 1. The van der Waals surface area contributed by atoms with Gasteiger partial charge in [-0.1, -0.05) is 13.3 Å². The molecule has 2 atom stereocenters. The van der Waals surface area contributed by atoms with Crippen molar-refractivity contribution in [1.82, 2.24) is 4.98 Å². The third-order valence-corrected chi connectivity index (χ3v) is 8.10. The Kier molecular flexibility index (Phi) is 5.77. The van der Waals surface area contributed by atoms with Crippen LogP contribution in [-0.2, 0) is 4.79 Å². The van der Waals surface area contributed by atoms with E-state index in [9.17, 15) is 9.90 Å². The van der Waals surface area contributed by atoms with Crippen molar-refractivity contribution < 1.29 is 14.6 Å². The molecular formula is C26H34N2O3. The molecule has 0 amide bonds. The molecular weight excluding hydrogens is 388 g/mol. The minimum Gasteiger partial charge on any atom is -0.490 e. The molecule has 1 aromatic carbocycles. The molecule has 5 rings (SSSR count). The van der Waals surface area contributed by atoms with Gasteiger partial charge in [0.15, 0.2) is 0 Å². The highest BCUT2D eigenvalue weighted by Gasteiger charge is 2.44. The van der Waals surface area contributed by atoms with E-state index in [0.29, 0.717) is 24.0 Å². The van der Waals surface area contributed by atoms with Crippen molar-refractivity contribution in [2.45, 2.75) is 76.9 Å². The molecule has 0 spiro atoms. The van der Waals surface area contributed by atoms with Crippen molar-refractivity contribution in [1.29, 1.82) is 0 Å². The van der Waals surface area contributed by atoms with Gasteiger partial charge in [0.25, 0.3) is 0 Å². The van der Waals surface area contributed by atoms with Gasteiger partial charge in [0.05, 0.1) is 17.5 Å². The van der Waals surface area contributed by atoms with Gasteiger partial charge in [-0.05, 0) is 99.5 Å². The third kappa shape index (κ3) is 4.37. The number of hydrogen-bond donors (Lipinski definition) is 2. The predicted molar refractivity (Wildman–Crippen MR) is 122 cm³/mol. The maximum atomic E-state index is 11.4. The number of fused-ring (bicyclic) bond motifs is 3. The van der Waals surface area contributed by atoms with E-state index in [2.05, 4.69) is 36.5 Å². The molecule has 166 valence electrons. The Morgan fingerprint density at radius 1 is 1.06 bits per heavy atom. The average molecular weight is 423 g/mol. The van der Waals surface area contributed by atoms with Gasteiger partial charge in [-0.25, -0.2) is 4.98 Å². The van der Waals surface area contributed by atoms with Crippen molar-refractivity contribution in [2.75, 3.05) is 5.32 Å². The number of ether oxygens (including phenoxy) is 1. The molecule has 1 aromatic heterocycles. The van der Waals surface area contributed by atoms with E-state index in [-0.39, 0.29) is 5.92 Å². The average Bonchev–Trinajstić information content (AvgIpc) is 3.00. The molecule has 3 aliphatic rings. The van der Waals surface area contributed by atoms with Gasteiger partial charge in [-0.15, -0.1) is 0 Å². The van der Waals surface area contributed by atoms with Crippen LogP contribution in [0, 0.1) is 23.7 Å². The van der Waals surface area contributed by atoms with Crippen molar-refractivity contribution >= 4 is 22.7 Å². The highest BCUT2D eigenvalue weighted by Crippen LogP contribution is 2.46. The lowest BCUT2D eigenvalue weighted by atomic mass is 9.77. The summed E-state index contributed by atoms with van der Waals surface area (Å²) in [5, 5.41) is 14.2. The van der Waals surface area contributed by atoms with Crippen LogP contribution in [0.3, 0.4) is 0 Å². The summed E-state index contributed by atoms with van der Waals surface area (Å²) >= 11 is 0. The van der Waals surface area contributed by atoms with Crippen LogP contribution >= 0.6 is 0 Å². The standard InChI is InChI=1S/C26H34N2O3/c1-2-16-3-8-21(9-4-16)31-22-10-11-23-17(15-22)7-12-24(27-23)28-25-18-5-6-19(25)14-20(13-18)26(29)30/h7,10-12,15-16,18-21,25H,2-6,8-9,13-14H2,1H3,(H,27,28)(H,29,30)/t16-,18?,19?,20?,21+,25?. The summed E-state index contributed by atoms with van der Waals surface area (Å²) in [6, 6.07) is 10.7. The van der Waals surface area contributed by atoms with Crippen LogP contribution in [0.1, 0.15) is 64.7 Å². The first kappa shape index (κ1) is 20.6. The van der Waals surface area contributed by atoms with Crippen molar-refractivity contribution in [3.8, 4) is 5.75 Å². The van der Waals surface area contributed by atoms with E-state index < -0.39 is 5.97 Å². The monoisotopic (exact) mass is 422 g/mol. The minimum absolute atomic E-state index is 0.171. The first-order chi connectivity index (χ1) is 15.1. The Labute approximate surface area is 184 Å². The van der Waals surface area contributed by atoms with Crippen molar-refractivity contribution in [3.05, 3.63) is 30.3 Å². The number of nitrogens with one attached hydrogen (secondary N) is 1. The van der Waals surface area contributed by atoms with Crippen LogP contribution in [0.4, 0.5) is 5.82 Å². The van der Waals surface area contributed by atoms with E-state index >= 15 is 0 Å². The zero-order valence-electron chi connectivity index (χ0n) is 18.4. The van der Waals surface area contributed by atoms with Crippen molar-refractivity contribution in [2.24, 2.45) is 23.7 Å².